The molecule has 0 N–H and O–H groups in total. The van der Waals surface area contributed by atoms with Crippen LogP contribution in [0.4, 0.5) is 0 Å². The predicted molar refractivity (Wildman–Crippen MR) is 33.7 cm³/mol. The quantitative estimate of drug-likeness (QED) is 0.452. The van der Waals surface area contributed by atoms with Crippen molar-refractivity contribution in [3.8, 4) is 0 Å². The average molecular weight is 111 g/mol. The molecule has 0 aliphatic carbocycles. The normalized spacial score (nSPS) is 54.0. The van der Waals surface area contributed by atoms with Crippen LogP contribution in [0.3, 0.4) is 0 Å². The number of hydrogen-bond acceptors (Lipinski definition) is 1. The summed E-state index contributed by atoms with van der Waals surface area (Å²) in [4.78, 5) is 2.59. The highest BCUT2D eigenvalue weighted by Gasteiger charge is 2.46. The van der Waals surface area contributed by atoms with Crippen LogP contribution in [0.5, 0.6) is 0 Å². The lowest BCUT2D eigenvalue weighted by atomic mass is 9.76. The molecule has 2 saturated heterocycles. The summed E-state index contributed by atoms with van der Waals surface area (Å²) in [6, 6.07) is 1.90. The summed E-state index contributed by atoms with van der Waals surface area (Å²) in [7, 11) is 0. The summed E-state index contributed by atoms with van der Waals surface area (Å²) in [6.07, 6.45) is 1.46. The van der Waals surface area contributed by atoms with E-state index in [2.05, 4.69) is 18.7 Å². The molecule has 0 bridgehead atoms. The van der Waals surface area contributed by atoms with Gasteiger partial charge in [0.2, 0.25) is 0 Å². The van der Waals surface area contributed by atoms with Crippen LogP contribution in [-0.2, 0) is 0 Å². The van der Waals surface area contributed by atoms with Crippen LogP contribution in [0.25, 0.3) is 0 Å². The maximum absolute atomic E-state index is 2.59. The van der Waals surface area contributed by atoms with Crippen LogP contribution >= 0.6 is 0 Å². The molecule has 0 spiro atoms. The van der Waals surface area contributed by atoms with Crippen molar-refractivity contribution >= 4 is 0 Å². The maximum Gasteiger partial charge on any atom is 0.0151 e. The number of nitrogens with zero attached hydrogens (tertiary/aromatic N) is 1. The van der Waals surface area contributed by atoms with Gasteiger partial charge in [-0.2, -0.15) is 0 Å². The fourth-order valence-corrected chi connectivity index (χ4v) is 2.00. The van der Waals surface area contributed by atoms with Crippen LogP contribution in [0, 0.1) is 5.92 Å². The summed E-state index contributed by atoms with van der Waals surface area (Å²) in [5.74, 6) is 1.01. The van der Waals surface area contributed by atoms with Gasteiger partial charge in [-0.25, -0.2) is 0 Å². The Morgan fingerprint density at radius 1 is 1.38 bits per heavy atom. The molecule has 46 valence electrons. The minimum Gasteiger partial charge on any atom is -0.297 e. The summed E-state index contributed by atoms with van der Waals surface area (Å²) < 4.78 is 0. The SMILES string of the molecule is C[C@@H]1CN2C1C[C@@H]2C. The second-order valence-electron chi connectivity index (χ2n) is 3.33. The second-order valence-corrected chi connectivity index (χ2v) is 3.33. The zero-order valence-electron chi connectivity index (χ0n) is 5.59. The lowest BCUT2D eigenvalue weighted by Crippen LogP contribution is -2.68. The van der Waals surface area contributed by atoms with E-state index in [9.17, 15) is 0 Å². The van der Waals surface area contributed by atoms with E-state index in [-0.39, 0.29) is 0 Å². The van der Waals surface area contributed by atoms with Crippen LogP contribution in [0.2, 0.25) is 0 Å². The highest BCUT2D eigenvalue weighted by Crippen LogP contribution is 2.39. The molecule has 2 fully saturated rings. The van der Waals surface area contributed by atoms with Gasteiger partial charge in [0.1, 0.15) is 0 Å². The van der Waals surface area contributed by atoms with Gasteiger partial charge in [-0.05, 0) is 19.3 Å². The molecule has 2 aliphatic heterocycles. The molecule has 0 saturated carbocycles. The third-order valence-corrected chi connectivity index (χ3v) is 2.73. The number of piperidine rings is 1. The summed E-state index contributed by atoms with van der Waals surface area (Å²) in [5.41, 5.74) is 0. The molecule has 2 heterocycles. The Kier molecular flexibility index (Phi) is 0.762. The topological polar surface area (TPSA) is 3.24 Å². The van der Waals surface area contributed by atoms with Crippen molar-refractivity contribution in [1.29, 1.82) is 0 Å². The molecule has 0 amide bonds. The molecule has 3 atom stereocenters. The van der Waals surface area contributed by atoms with Gasteiger partial charge in [0, 0.05) is 18.6 Å². The van der Waals surface area contributed by atoms with Gasteiger partial charge in [-0.3, -0.25) is 4.90 Å². The van der Waals surface area contributed by atoms with E-state index in [1.165, 1.54) is 13.0 Å². The predicted octanol–water partition coefficient (Wildman–Crippen LogP) is 1.10. The van der Waals surface area contributed by atoms with Crippen molar-refractivity contribution in [1.82, 2.24) is 4.90 Å². The summed E-state index contributed by atoms with van der Waals surface area (Å²) in [6.45, 7) is 6.04. The fourth-order valence-electron chi connectivity index (χ4n) is 2.00. The number of rotatable bonds is 0. The highest BCUT2D eigenvalue weighted by molar-refractivity contribution is 5.01. The van der Waals surface area contributed by atoms with Gasteiger partial charge in [0.25, 0.3) is 0 Å². The molecule has 0 radical (unpaired) electrons. The first kappa shape index (κ1) is 4.80. The average Bonchev–Trinajstić information content (AvgIpc) is 1.76. The van der Waals surface area contributed by atoms with E-state index in [4.69, 9.17) is 0 Å². The highest BCUT2D eigenvalue weighted by atomic mass is 15.3. The molecular weight excluding hydrogens is 98.1 g/mol. The van der Waals surface area contributed by atoms with Crippen molar-refractivity contribution in [2.24, 2.45) is 5.92 Å². The van der Waals surface area contributed by atoms with Gasteiger partial charge >= 0.3 is 0 Å². The Hall–Kier alpha value is -0.0400. The van der Waals surface area contributed by atoms with Crippen LogP contribution < -0.4 is 0 Å². The third-order valence-electron chi connectivity index (χ3n) is 2.73. The van der Waals surface area contributed by atoms with Crippen molar-refractivity contribution in [2.45, 2.75) is 32.4 Å². The Morgan fingerprint density at radius 2 is 2.12 bits per heavy atom. The van der Waals surface area contributed by atoms with E-state index in [1.54, 1.807) is 0 Å². The Labute approximate surface area is 50.7 Å². The lowest BCUT2D eigenvalue weighted by Gasteiger charge is -2.59. The Bertz CT molecular complexity index is 97.0. The third kappa shape index (κ3) is 0.368. The van der Waals surface area contributed by atoms with E-state index >= 15 is 0 Å². The first-order chi connectivity index (χ1) is 3.79. The van der Waals surface area contributed by atoms with Crippen LogP contribution in [0.1, 0.15) is 20.3 Å². The molecule has 0 aromatic heterocycles. The molecule has 0 aromatic rings. The maximum atomic E-state index is 2.59. The first-order valence-electron chi connectivity index (χ1n) is 3.55. The largest absolute Gasteiger partial charge is 0.297 e. The molecular formula is C7H13N. The molecule has 2 rings (SSSR count). The summed E-state index contributed by atoms with van der Waals surface area (Å²) in [5, 5.41) is 0. The van der Waals surface area contributed by atoms with E-state index in [0.717, 1.165) is 18.0 Å². The summed E-state index contributed by atoms with van der Waals surface area (Å²) >= 11 is 0. The van der Waals surface area contributed by atoms with Crippen LogP contribution in [-0.4, -0.2) is 23.5 Å². The van der Waals surface area contributed by atoms with Gasteiger partial charge in [0.05, 0.1) is 0 Å². The van der Waals surface area contributed by atoms with Gasteiger partial charge in [-0.1, -0.05) is 6.92 Å². The molecule has 8 heavy (non-hydrogen) atoms. The van der Waals surface area contributed by atoms with Crippen molar-refractivity contribution < 1.29 is 0 Å². The molecule has 1 nitrogen and oxygen atoms in total. The molecule has 0 aromatic carbocycles. The van der Waals surface area contributed by atoms with E-state index in [0.29, 0.717) is 0 Å². The zero-order chi connectivity index (χ0) is 5.72. The minimum absolute atomic E-state index is 0.913. The van der Waals surface area contributed by atoms with E-state index in [1.807, 2.05) is 0 Å². The number of hydrogen-bond donors (Lipinski definition) is 0. The first-order valence-corrected chi connectivity index (χ1v) is 3.55. The number of fused-ring (bicyclic) bond motifs is 1. The fraction of sp³-hybridized carbons (Fsp3) is 1.00. The monoisotopic (exact) mass is 111 g/mol. The zero-order valence-corrected chi connectivity index (χ0v) is 5.59. The van der Waals surface area contributed by atoms with E-state index < -0.39 is 0 Å². The van der Waals surface area contributed by atoms with Gasteiger partial charge in [0.15, 0.2) is 0 Å². The molecule has 2 aliphatic rings. The van der Waals surface area contributed by atoms with Crippen molar-refractivity contribution in [2.75, 3.05) is 6.54 Å². The van der Waals surface area contributed by atoms with Crippen molar-refractivity contribution in [3.05, 3.63) is 0 Å². The smallest absolute Gasteiger partial charge is 0.0151 e. The standard InChI is InChI=1S/C7H13N/c1-5-4-8-6(2)3-7(5)8/h5-7H,3-4H2,1-2H3/t5-,6+,7?/m1/s1. The van der Waals surface area contributed by atoms with Gasteiger partial charge < -0.3 is 0 Å². The minimum atomic E-state index is 0.913. The molecule has 1 heteroatoms. The Balaban J connectivity index is 1.96. The second kappa shape index (κ2) is 1.27. The Morgan fingerprint density at radius 3 is 2.25 bits per heavy atom. The van der Waals surface area contributed by atoms with Crippen molar-refractivity contribution in [3.63, 3.8) is 0 Å². The molecule has 1 unspecified atom stereocenters. The van der Waals surface area contributed by atoms with Crippen LogP contribution in [0.15, 0.2) is 0 Å². The van der Waals surface area contributed by atoms with Gasteiger partial charge in [-0.15, -0.1) is 0 Å². The lowest BCUT2D eigenvalue weighted by molar-refractivity contribution is -0.103.